The van der Waals surface area contributed by atoms with Crippen molar-refractivity contribution >= 4 is 27.5 Å². The van der Waals surface area contributed by atoms with E-state index in [2.05, 4.69) is 10.0 Å². The van der Waals surface area contributed by atoms with Gasteiger partial charge >= 0.3 is 0 Å². The molecule has 1 fully saturated rings. The summed E-state index contributed by atoms with van der Waals surface area (Å²) in [5, 5.41) is 3.69. The van der Waals surface area contributed by atoms with Gasteiger partial charge in [-0.25, -0.2) is 13.1 Å². The van der Waals surface area contributed by atoms with Crippen LogP contribution in [0.4, 0.5) is 0 Å². The molecule has 1 aliphatic rings. The summed E-state index contributed by atoms with van der Waals surface area (Å²) in [5.41, 5.74) is 1.26. The minimum atomic E-state index is -3.72. The van der Waals surface area contributed by atoms with Gasteiger partial charge in [0.25, 0.3) is 5.91 Å². The highest BCUT2D eigenvalue weighted by Crippen LogP contribution is 2.35. The third-order valence-corrected chi connectivity index (χ3v) is 7.61. The Kier molecular flexibility index (Phi) is 7.19. The first kappa shape index (κ1) is 23.5. The molecule has 1 amide bonds. The lowest BCUT2D eigenvalue weighted by Crippen LogP contribution is -2.44. The Morgan fingerprint density at radius 1 is 1.00 bits per heavy atom. The Hall–Kier alpha value is -2.65. The van der Waals surface area contributed by atoms with E-state index in [0.717, 1.165) is 18.4 Å². The van der Waals surface area contributed by atoms with Gasteiger partial charge in [0.2, 0.25) is 10.0 Å². The summed E-state index contributed by atoms with van der Waals surface area (Å²) in [6.45, 7) is 1.74. The highest BCUT2D eigenvalue weighted by Gasteiger charge is 2.35. The minimum Gasteiger partial charge on any atom is -0.468 e. The number of carbonyl (C=O) groups is 1. The van der Waals surface area contributed by atoms with Gasteiger partial charge < -0.3 is 14.5 Å². The number of furan rings is 1. The highest BCUT2D eigenvalue weighted by molar-refractivity contribution is 7.89. The van der Waals surface area contributed by atoms with Crippen LogP contribution in [0.1, 0.15) is 34.5 Å². The Balaban J connectivity index is 1.42. The molecule has 2 aromatic carbocycles. The molecule has 0 saturated carbocycles. The molecule has 0 aliphatic carbocycles. The van der Waals surface area contributed by atoms with Crippen molar-refractivity contribution in [3.8, 4) is 0 Å². The highest BCUT2D eigenvalue weighted by atomic mass is 35.5. The fraction of sp³-hybridized carbons (Fsp3) is 0.292. The number of amides is 1. The van der Waals surface area contributed by atoms with Crippen LogP contribution < -0.4 is 10.0 Å². The van der Waals surface area contributed by atoms with Crippen LogP contribution in [0.25, 0.3) is 0 Å². The van der Waals surface area contributed by atoms with Gasteiger partial charge in [0.1, 0.15) is 5.76 Å². The zero-order valence-electron chi connectivity index (χ0n) is 17.9. The van der Waals surface area contributed by atoms with Crippen LogP contribution in [0.5, 0.6) is 0 Å². The number of sulfonamides is 1. The predicted molar refractivity (Wildman–Crippen MR) is 125 cm³/mol. The second kappa shape index (κ2) is 10.1. The topological polar surface area (TPSA) is 97.6 Å². The fourth-order valence-electron chi connectivity index (χ4n) is 3.93. The standard InChI is InChI=1S/C24H25ClN2O5S/c25-20-7-5-19(6-8-20)24(11-14-31-15-12-24)17-26-23(28)18-3-9-22(10-4-18)33(29,30)27-16-21-2-1-13-32-21/h1-10,13,27H,11-12,14-17H2,(H,26,28). The Morgan fingerprint density at radius 3 is 2.33 bits per heavy atom. The number of hydrogen-bond donors (Lipinski definition) is 2. The molecule has 0 unspecified atom stereocenters. The van der Waals surface area contributed by atoms with Crippen LogP contribution in [0.15, 0.2) is 76.2 Å². The van der Waals surface area contributed by atoms with Crippen LogP contribution in [-0.4, -0.2) is 34.1 Å². The number of halogens is 1. The monoisotopic (exact) mass is 488 g/mol. The molecule has 9 heteroatoms. The van der Waals surface area contributed by atoms with Crippen LogP contribution in [0.3, 0.4) is 0 Å². The summed E-state index contributed by atoms with van der Waals surface area (Å²) < 4.78 is 38.1. The molecule has 0 spiro atoms. The Labute approximate surface area is 198 Å². The largest absolute Gasteiger partial charge is 0.468 e. The van der Waals surface area contributed by atoms with Crippen LogP contribution in [0.2, 0.25) is 5.02 Å². The summed E-state index contributed by atoms with van der Waals surface area (Å²) in [5.74, 6) is 0.250. The van der Waals surface area contributed by atoms with Crippen molar-refractivity contribution in [2.75, 3.05) is 19.8 Å². The van der Waals surface area contributed by atoms with Crippen molar-refractivity contribution < 1.29 is 22.4 Å². The molecule has 174 valence electrons. The van der Waals surface area contributed by atoms with Crippen molar-refractivity contribution in [1.82, 2.24) is 10.0 Å². The molecular weight excluding hydrogens is 464 g/mol. The molecule has 2 heterocycles. The molecular formula is C24H25ClN2O5S. The molecule has 0 atom stereocenters. The van der Waals surface area contributed by atoms with Gasteiger partial charge in [-0.2, -0.15) is 0 Å². The van der Waals surface area contributed by atoms with Gasteiger partial charge in [-0.15, -0.1) is 0 Å². The van der Waals surface area contributed by atoms with Gasteiger partial charge in [-0.05, 0) is 66.9 Å². The number of carbonyl (C=O) groups excluding carboxylic acids is 1. The molecule has 2 N–H and O–H groups in total. The second-order valence-corrected chi connectivity index (χ2v) is 10.2. The van der Waals surface area contributed by atoms with Gasteiger partial charge in [0, 0.05) is 35.8 Å². The van der Waals surface area contributed by atoms with E-state index < -0.39 is 10.0 Å². The molecule has 1 aromatic heterocycles. The Bertz CT molecular complexity index is 1170. The number of nitrogens with one attached hydrogen (secondary N) is 2. The lowest BCUT2D eigenvalue weighted by molar-refractivity contribution is 0.0487. The zero-order valence-corrected chi connectivity index (χ0v) is 19.5. The molecule has 1 saturated heterocycles. The summed E-state index contributed by atoms with van der Waals surface area (Å²) in [6.07, 6.45) is 3.05. The number of ether oxygens (including phenoxy) is 1. The third-order valence-electron chi connectivity index (χ3n) is 5.94. The SMILES string of the molecule is O=C(NCC1(c2ccc(Cl)cc2)CCOCC1)c1ccc(S(=O)(=O)NCc2ccco2)cc1. The fourth-order valence-corrected chi connectivity index (χ4v) is 5.05. The van der Waals surface area contributed by atoms with E-state index in [1.54, 1.807) is 12.1 Å². The third kappa shape index (κ3) is 5.65. The van der Waals surface area contributed by atoms with Crippen molar-refractivity contribution in [3.63, 3.8) is 0 Å². The lowest BCUT2D eigenvalue weighted by Gasteiger charge is -2.38. The van der Waals surface area contributed by atoms with Crippen LogP contribution in [-0.2, 0) is 26.7 Å². The molecule has 3 aromatic rings. The number of rotatable bonds is 8. The average Bonchev–Trinajstić information content (AvgIpc) is 3.36. The van der Waals surface area contributed by atoms with Gasteiger partial charge in [-0.1, -0.05) is 23.7 Å². The maximum atomic E-state index is 12.8. The maximum absolute atomic E-state index is 12.8. The summed E-state index contributed by atoms with van der Waals surface area (Å²) in [7, 11) is -3.72. The number of benzene rings is 2. The maximum Gasteiger partial charge on any atom is 0.251 e. The van der Waals surface area contributed by atoms with Crippen molar-refractivity contribution in [2.45, 2.75) is 29.7 Å². The van der Waals surface area contributed by atoms with Crippen molar-refractivity contribution in [1.29, 1.82) is 0 Å². The molecule has 33 heavy (non-hydrogen) atoms. The van der Waals surface area contributed by atoms with E-state index in [9.17, 15) is 13.2 Å². The van der Waals surface area contributed by atoms with E-state index in [4.69, 9.17) is 20.8 Å². The van der Waals surface area contributed by atoms with E-state index in [1.807, 2.05) is 24.3 Å². The van der Waals surface area contributed by atoms with E-state index in [0.29, 0.717) is 36.1 Å². The van der Waals surface area contributed by atoms with E-state index in [-0.39, 0.29) is 22.8 Å². The first-order valence-corrected chi connectivity index (χ1v) is 12.5. The predicted octanol–water partition coefficient (Wildman–Crippen LogP) is 3.89. The van der Waals surface area contributed by atoms with Crippen LogP contribution in [0, 0.1) is 0 Å². The van der Waals surface area contributed by atoms with Gasteiger partial charge in [0.05, 0.1) is 17.7 Å². The molecule has 0 bridgehead atoms. The van der Waals surface area contributed by atoms with E-state index >= 15 is 0 Å². The molecule has 0 radical (unpaired) electrons. The zero-order chi connectivity index (χ0) is 23.3. The minimum absolute atomic E-state index is 0.0497. The molecule has 1 aliphatic heterocycles. The molecule has 4 rings (SSSR count). The average molecular weight is 489 g/mol. The normalized spacial score (nSPS) is 15.8. The van der Waals surface area contributed by atoms with Crippen LogP contribution >= 0.6 is 11.6 Å². The summed E-state index contributed by atoms with van der Waals surface area (Å²) >= 11 is 6.05. The lowest BCUT2D eigenvalue weighted by atomic mass is 9.74. The molecule has 7 nitrogen and oxygen atoms in total. The first-order chi connectivity index (χ1) is 15.9. The van der Waals surface area contributed by atoms with Crippen molar-refractivity contribution in [2.24, 2.45) is 0 Å². The van der Waals surface area contributed by atoms with E-state index in [1.165, 1.54) is 30.5 Å². The number of hydrogen-bond acceptors (Lipinski definition) is 5. The smallest absolute Gasteiger partial charge is 0.251 e. The Morgan fingerprint density at radius 2 is 1.70 bits per heavy atom. The first-order valence-electron chi connectivity index (χ1n) is 10.6. The summed E-state index contributed by atoms with van der Waals surface area (Å²) in [6, 6.07) is 16.9. The summed E-state index contributed by atoms with van der Waals surface area (Å²) in [4.78, 5) is 12.9. The second-order valence-electron chi connectivity index (χ2n) is 8.01. The quantitative estimate of drug-likeness (QED) is 0.501. The van der Waals surface area contributed by atoms with Gasteiger partial charge in [0.15, 0.2) is 0 Å². The van der Waals surface area contributed by atoms with Gasteiger partial charge in [-0.3, -0.25) is 4.79 Å². The van der Waals surface area contributed by atoms with Crippen molar-refractivity contribution in [3.05, 3.63) is 88.8 Å².